The van der Waals surface area contributed by atoms with E-state index in [1.54, 1.807) is 0 Å². The van der Waals surface area contributed by atoms with Crippen molar-refractivity contribution in [3.8, 4) is 5.75 Å². The van der Waals surface area contributed by atoms with Crippen LogP contribution in [0.3, 0.4) is 0 Å². The van der Waals surface area contributed by atoms with E-state index in [1.807, 2.05) is 0 Å². The minimum Gasteiger partial charge on any atom is -0.491 e. The van der Waals surface area contributed by atoms with Crippen molar-refractivity contribution in [3.63, 3.8) is 0 Å². The van der Waals surface area contributed by atoms with Gasteiger partial charge in [-0.2, -0.15) is 0 Å². The zero-order valence-corrected chi connectivity index (χ0v) is 11.5. The van der Waals surface area contributed by atoms with Gasteiger partial charge < -0.3 is 19.5 Å². The van der Waals surface area contributed by atoms with E-state index < -0.39 is 12.9 Å². The number of hydrogen-bond acceptors (Lipinski definition) is 5. The molecule has 1 aliphatic rings. The van der Waals surface area contributed by atoms with Crippen molar-refractivity contribution >= 4 is 12.6 Å². The predicted molar refractivity (Wildman–Crippen MR) is 73.6 cm³/mol. The highest BCUT2D eigenvalue weighted by molar-refractivity contribution is 6.59. The molecule has 1 aliphatic heterocycles. The molecule has 7 heteroatoms. The maximum Gasteiger partial charge on any atom is 0.492 e. The van der Waals surface area contributed by atoms with Crippen molar-refractivity contribution in [2.45, 2.75) is 13.0 Å². The van der Waals surface area contributed by atoms with Gasteiger partial charge in [0.05, 0.1) is 6.61 Å². The van der Waals surface area contributed by atoms with Crippen LogP contribution >= 0.6 is 0 Å². The van der Waals surface area contributed by atoms with Crippen molar-refractivity contribution in [1.29, 1.82) is 0 Å². The second-order valence-electron chi connectivity index (χ2n) is 4.75. The van der Waals surface area contributed by atoms with Gasteiger partial charge in [0.15, 0.2) is 0 Å². The van der Waals surface area contributed by atoms with E-state index in [2.05, 4.69) is 11.8 Å². The maximum absolute atomic E-state index is 13.1. The normalized spacial score (nSPS) is 19.9. The molecule has 0 spiro atoms. The summed E-state index contributed by atoms with van der Waals surface area (Å²) in [6.45, 7) is 5.67. The van der Waals surface area contributed by atoms with Crippen LogP contribution in [-0.2, 0) is 4.74 Å². The van der Waals surface area contributed by atoms with E-state index in [9.17, 15) is 14.4 Å². The van der Waals surface area contributed by atoms with E-state index in [0.29, 0.717) is 13.2 Å². The predicted octanol–water partition coefficient (Wildman–Crippen LogP) is -0.395. The van der Waals surface area contributed by atoms with Gasteiger partial charge in [0.25, 0.3) is 0 Å². The second-order valence-corrected chi connectivity index (χ2v) is 4.75. The van der Waals surface area contributed by atoms with Crippen molar-refractivity contribution in [2.24, 2.45) is 0 Å². The van der Waals surface area contributed by atoms with Gasteiger partial charge in [0.1, 0.15) is 24.3 Å². The van der Waals surface area contributed by atoms with Crippen molar-refractivity contribution < 1.29 is 23.9 Å². The summed E-state index contributed by atoms with van der Waals surface area (Å²) < 4.78 is 24.2. The van der Waals surface area contributed by atoms with Gasteiger partial charge in [0, 0.05) is 18.6 Å². The molecule has 20 heavy (non-hydrogen) atoms. The molecule has 0 saturated carbocycles. The summed E-state index contributed by atoms with van der Waals surface area (Å²) in [6, 6.07) is 3.67. The molecule has 1 fully saturated rings. The molecule has 0 bridgehead atoms. The highest BCUT2D eigenvalue weighted by Crippen LogP contribution is 2.12. The third-order valence-corrected chi connectivity index (χ3v) is 3.34. The molecule has 0 amide bonds. The second kappa shape index (κ2) is 7.03. The molecule has 1 heterocycles. The van der Waals surface area contributed by atoms with Crippen molar-refractivity contribution in [2.75, 3.05) is 32.8 Å². The van der Waals surface area contributed by atoms with Crippen LogP contribution in [0.25, 0.3) is 0 Å². The largest absolute Gasteiger partial charge is 0.492 e. The molecule has 1 unspecified atom stereocenters. The van der Waals surface area contributed by atoms with Gasteiger partial charge >= 0.3 is 7.12 Å². The number of rotatable bonds is 5. The summed E-state index contributed by atoms with van der Waals surface area (Å²) in [7, 11) is -1.76. The minimum absolute atomic E-state index is 0.0214. The molecule has 2 N–H and O–H groups in total. The third-order valence-electron chi connectivity index (χ3n) is 3.34. The van der Waals surface area contributed by atoms with Crippen LogP contribution in [0.1, 0.15) is 6.92 Å². The quantitative estimate of drug-likeness (QED) is 0.720. The van der Waals surface area contributed by atoms with E-state index >= 15 is 0 Å². The Hall–Kier alpha value is -1.15. The van der Waals surface area contributed by atoms with Gasteiger partial charge in [-0.1, -0.05) is 6.92 Å². The van der Waals surface area contributed by atoms with Crippen LogP contribution in [0, 0.1) is 5.82 Å². The maximum atomic E-state index is 13.1. The van der Waals surface area contributed by atoms with Crippen LogP contribution in [0.4, 0.5) is 4.39 Å². The molecule has 0 aliphatic carbocycles. The standard InChI is InChI=1S/C13H19BFNO4/c1-2-16-5-6-19-11(8-16)9-20-13-4-3-10(15)7-12(13)14(17)18/h3-4,7,11,17-18H,2,5-6,8-9H2,1H3. The summed E-state index contributed by atoms with van der Waals surface area (Å²) in [5.41, 5.74) is 0.0214. The fraction of sp³-hybridized carbons (Fsp3) is 0.538. The Kier molecular flexibility index (Phi) is 5.36. The molecule has 5 nitrogen and oxygen atoms in total. The lowest BCUT2D eigenvalue weighted by atomic mass is 9.79. The molecule has 1 aromatic carbocycles. The lowest BCUT2D eigenvalue weighted by Gasteiger charge is -2.32. The molecule has 1 saturated heterocycles. The first-order valence-electron chi connectivity index (χ1n) is 6.72. The summed E-state index contributed by atoms with van der Waals surface area (Å²) in [6.07, 6.45) is -0.0718. The number of likely N-dealkylation sites (N-methyl/N-ethyl adjacent to an activating group) is 1. The molecular formula is C13H19BFNO4. The van der Waals surface area contributed by atoms with Gasteiger partial charge in [-0.3, -0.25) is 4.90 Å². The molecule has 1 atom stereocenters. The van der Waals surface area contributed by atoms with E-state index in [4.69, 9.17) is 9.47 Å². The van der Waals surface area contributed by atoms with Crippen LogP contribution < -0.4 is 10.2 Å². The Morgan fingerprint density at radius 1 is 1.50 bits per heavy atom. The number of benzene rings is 1. The Labute approximate surface area is 118 Å². The van der Waals surface area contributed by atoms with Crippen molar-refractivity contribution in [1.82, 2.24) is 4.90 Å². The summed E-state index contributed by atoms with van der Waals surface area (Å²) in [5.74, 6) is -0.273. The Balaban J connectivity index is 1.96. The Morgan fingerprint density at radius 2 is 2.30 bits per heavy atom. The SMILES string of the molecule is CCN1CCOC(COc2ccc(F)cc2B(O)O)C1. The van der Waals surface area contributed by atoms with Crippen LogP contribution in [0.5, 0.6) is 5.75 Å². The summed E-state index contributed by atoms with van der Waals surface area (Å²) >= 11 is 0. The average Bonchev–Trinajstić information content (AvgIpc) is 2.46. The average molecular weight is 283 g/mol. The van der Waals surface area contributed by atoms with E-state index in [1.165, 1.54) is 12.1 Å². The van der Waals surface area contributed by atoms with Crippen LogP contribution in [0.15, 0.2) is 18.2 Å². The number of hydrogen-bond donors (Lipinski definition) is 2. The van der Waals surface area contributed by atoms with Gasteiger partial charge in [-0.05, 0) is 24.7 Å². The Bertz CT molecular complexity index is 446. The highest BCUT2D eigenvalue weighted by Gasteiger charge is 2.22. The molecular weight excluding hydrogens is 264 g/mol. The van der Waals surface area contributed by atoms with Gasteiger partial charge in [-0.25, -0.2) is 4.39 Å². The lowest BCUT2D eigenvalue weighted by Crippen LogP contribution is -2.45. The van der Waals surface area contributed by atoms with E-state index in [0.717, 1.165) is 25.7 Å². The molecule has 0 aromatic heterocycles. The zero-order chi connectivity index (χ0) is 14.5. The topological polar surface area (TPSA) is 62.2 Å². The first-order chi connectivity index (χ1) is 9.60. The summed E-state index contributed by atoms with van der Waals surface area (Å²) in [4.78, 5) is 2.25. The van der Waals surface area contributed by atoms with Gasteiger partial charge in [-0.15, -0.1) is 0 Å². The number of morpholine rings is 1. The third kappa shape index (κ3) is 3.93. The number of ether oxygens (including phenoxy) is 2. The number of nitrogens with zero attached hydrogens (tertiary/aromatic N) is 1. The van der Waals surface area contributed by atoms with Gasteiger partial charge in [0.2, 0.25) is 0 Å². The van der Waals surface area contributed by atoms with Crippen molar-refractivity contribution in [3.05, 3.63) is 24.0 Å². The molecule has 0 radical (unpaired) electrons. The molecule has 2 rings (SSSR count). The number of halogens is 1. The summed E-state index contributed by atoms with van der Waals surface area (Å²) in [5, 5.41) is 18.4. The smallest absolute Gasteiger partial charge is 0.491 e. The Morgan fingerprint density at radius 3 is 3.00 bits per heavy atom. The van der Waals surface area contributed by atoms with Crippen LogP contribution in [0.2, 0.25) is 0 Å². The van der Waals surface area contributed by atoms with Crippen LogP contribution in [-0.4, -0.2) is 61.0 Å². The first kappa shape index (κ1) is 15.2. The highest BCUT2D eigenvalue weighted by atomic mass is 19.1. The fourth-order valence-electron chi connectivity index (χ4n) is 2.20. The van der Waals surface area contributed by atoms with E-state index in [-0.39, 0.29) is 17.3 Å². The first-order valence-corrected chi connectivity index (χ1v) is 6.72. The lowest BCUT2D eigenvalue weighted by molar-refractivity contribution is -0.0462. The molecule has 110 valence electrons. The fourth-order valence-corrected chi connectivity index (χ4v) is 2.20. The monoisotopic (exact) mass is 283 g/mol. The minimum atomic E-state index is -1.76. The molecule has 1 aromatic rings. The zero-order valence-electron chi connectivity index (χ0n) is 11.5.